The van der Waals surface area contributed by atoms with Crippen molar-refractivity contribution in [2.75, 3.05) is 27.3 Å². The smallest absolute Gasteiger partial charge is 0.331 e. The van der Waals surface area contributed by atoms with Gasteiger partial charge in [-0.1, -0.05) is 13.8 Å². The number of nitrogens with zero attached hydrogens (tertiary/aromatic N) is 1. The molecule has 0 fully saturated rings. The first-order valence-electron chi connectivity index (χ1n) is 6.76. The number of methoxy groups -OCH3 is 1. The molecule has 0 aliphatic rings. The lowest BCUT2D eigenvalue weighted by molar-refractivity contribution is -0.140. The zero-order chi connectivity index (χ0) is 16.4. The molecule has 21 heavy (non-hydrogen) atoms. The highest BCUT2D eigenvalue weighted by molar-refractivity contribution is 5.91. The maximum absolute atomic E-state index is 11.8. The normalized spacial score (nSPS) is 12.1. The Kier molecular flexibility index (Phi) is 8.84. The topological polar surface area (TPSA) is 84.9 Å². The van der Waals surface area contributed by atoms with Crippen molar-refractivity contribution in [2.45, 2.75) is 26.8 Å². The summed E-state index contributed by atoms with van der Waals surface area (Å²) >= 11 is 0. The zero-order valence-corrected chi connectivity index (χ0v) is 13.2. The number of amides is 2. The first-order valence-corrected chi connectivity index (χ1v) is 6.76. The fraction of sp³-hybridized carbons (Fsp3) is 0.643. The minimum atomic E-state index is -0.657. The van der Waals surface area contributed by atoms with E-state index < -0.39 is 11.9 Å². The zero-order valence-electron chi connectivity index (χ0n) is 13.2. The van der Waals surface area contributed by atoms with E-state index in [4.69, 9.17) is 4.74 Å². The van der Waals surface area contributed by atoms with Gasteiger partial charge in [0.05, 0.1) is 13.2 Å². The van der Waals surface area contributed by atoms with Crippen molar-refractivity contribution < 1.29 is 23.9 Å². The Balaban J connectivity index is 4.52. The fourth-order valence-electron chi connectivity index (χ4n) is 1.60. The number of carbonyl (C=O) groups excluding carboxylic acids is 3. The molecular weight excluding hydrogens is 276 g/mol. The largest absolute Gasteiger partial charge is 0.466 e. The summed E-state index contributed by atoms with van der Waals surface area (Å²) in [5, 5.41) is 2.69. The second kappa shape index (κ2) is 9.79. The summed E-state index contributed by atoms with van der Waals surface area (Å²) in [5.74, 6) is -1.18. The predicted molar refractivity (Wildman–Crippen MR) is 77.6 cm³/mol. The minimum Gasteiger partial charge on any atom is -0.466 e. The first kappa shape index (κ1) is 18.9. The Morgan fingerprint density at radius 3 is 2.24 bits per heavy atom. The molecule has 0 spiro atoms. The number of carbonyl (C=O) groups is 3. The molecule has 0 heterocycles. The van der Waals surface area contributed by atoms with Crippen LogP contribution >= 0.6 is 0 Å². The van der Waals surface area contributed by atoms with E-state index in [-0.39, 0.29) is 24.6 Å². The lowest BCUT2D eigenvalue weighted by atomic mass is 10.0. The van der Waals surface area contributed by atoms with Crippen molar-refractivity contribution in [3.63, 3.8) is 0 Å². The maximum Gasteiger partial charge on any atom is 0.331 e. The molecule has 0 aliphatic carbocycles. The maximum atomic E-state index is 11.8. The average molecular weight is 300 g/mol. The van der Waals surface area contributed by atoms with Crippen LogP contribution in [0, 0.1) is 5.92 Å². The van der Waals surface area contributed by atoms with Crippen LogP contribution in [0.4, 0.5) is 4.79 Å². The van der Waals surface area contributed by atoms with Crippen LogP contribution in [0.25, 0.3) is 0 Å². The lowest BCUT2D eigenvalue weighted by Gasteiger charge is -2.30. The second-order valence-corrected chi connectivity index (χ2v) is 4.74. The number of esters is 2. The second-order valence-electron chi connectivity index (χ2n) is 4.74. The van der Waals surface area contributed by atoms with Gasteiger partial charge in [-0.05, 0) is 12.8 Å². The molecule has 0 aromatic carbocycles. The van der Waals surface area contributed by atoms with E-state index in [1.807, 2.05) is 20.8 Å². The number of likely N-dealkylation sites (N-methyl/N-ethyl adjacent to an activating group) is 1. The van der Waals surface area contributed by atoms with Crippen LogP contribution in [0.2, 0.25) is 0 Å². The van der Waals surface area contributed by atoms with Crippen molar-refractivity contribution in [3.8, 4) is 0 Å². The van der Waals surface area contributed by atoms with Crippen molar-refractivity contribution in [1.29, 1.82) is 0 Å². The van der Waals surface area contributed by atoms with E-state index in [0.29, 0.717) is 6.54 Å². The highest BCUT2D eigenvalue weighted by Crippen LogP contribution is 2.10. The fourth-order valence-corrected chi connectivity index (χ4v) is 1.60. The summed E-state index contributed by atoms with van der Waals surface area (Å²) < 4.78 is 9.42. The molecule has 0 unspecified atom stereocenters. The van der Waals surface area contributed by atoms with Crippen molar-refractivity contribution in [2.24, 2.45) is 5.92 Å². The number of hydrogen-bond acceptors (Lipinski definition) is 5. The summed E-state index contributed by atoms with van der Waals surface area (Å²) in [6.07, 6.45) is 1.98. The lowest BCUT2D eigenvalue weighted by Crippen LogP contribution is -2.48. The molecule has 2 amide bonds. The van der Waals surface area contributed by atoms with Gasteiger partial charge in [0.15, 0.2) is 0 Å². The number of urea groups is 1. The van der Waals surface area contributed by atoms with Gasteiger partial charge in [-0.15, -0.1) is 0 Å². The third kappa shape index (κ3) is 7.34. The molecule has 0 saturated carbocycles. The van der Waals surface area contributed by atoms with Gasteiger partial charge in [-0.2, -0.15) is 0 Å². The van der Waals surface area contributed by atoms with E-state index in [0.717, 1.165) is 12.2 Å². The monoisotopic (exact) mass is 300 g/mol. The standard InChI is InChI=1S/C14H24N2O5/c1-6-15-14(19)16(4)11(10(2)3)9-21-13(18)8-7-12(17)20-5/h7-8,10-11H,6,9H2,1-5H3,(H,15,19)/b8-7+/t11-/m0/s1. The van der Waals surface area contributed by atoms with E-state index in [2.05, 4.69) is 10.1 Å². The Hall–Kier alpha value is -2.05. The first-order chi connectivity index (χ1) is 9.83. The van der Waals surface area contributed by atoms with Gasteiger partial charge >= 0.3 is 18.0 Å². The number of rotatable bonds is 7. The number of hydrogen-bond donors (Lipinski definition) is 1. The number of ether oxygens (including phenoxy) is 2. The Bertz CT molecular complexity index is 393. The molecule has 0 saturated heterocycles. The van der Waals surface area contributed by atoms with Crippen LogP contribution in [-0.4, -0.2) is 56.2 Å². The van der Waals surface area contributed by atoms with Gasteiger partial charge in [0.25, 0.3) is 0 Å². The Morgan fingerprint density at radius 2 is 1.76 bits per heavy atom. The van der Waals surface area contributed by atoms with E-state index in [9.17, 15) is 14.4 Å². The Labute approximate surface area is 125 Å². The molecule has 0 rings (SSSR count). The third-order valence-electron chi connectivity index (χ3n) is 2.87. The molecule has 1 atom stereocenters. The predicted octanol–water partition coefficient (Wildman–Crippen LogP) is 0.945. The highest BCUT2D eigenvalue weighted by atomic mass is 16.5. The number of nitrogens with one attached hydrogen (secondary N) is 1. The van der Waals surface area contributed by atoms with E-state index in [1.54, 1.807) is 7.05 Å². The van der Waals surface area contributed by atoms with Gasteiger partial charge in [0, 0.05) is 25.7 Å². The third-order valence-corrected chi connectivity index (χ3v) is 2.87. The van der Waals surface area contributed by atoms with Crippen LogP contribution < -0.4 is 5.32 Å². The van der Waals surface area contributed by atoms with Crippen molar-refractivity contribution in [1.82, 2.24) is 10.2 Å². The Morgan fingerprint density at radius 1 is 1.19 bits per heavy atom. The summed E-state index contributed by atoms with van der Waals surface area (Å²) in [4.78, 5) is 35.6. The van der Waals surface area contributed by atoms with Crippen LogP contribution in [0.3, 0.4) is 0 Å². The van der Waals surface area contributed by atoms with Crippen LogP contribution in [0.1, 0.15) is 20.8 Å². The molecule has 1 N–H and O–H groups in total. The molecular formula is C14H24N2O5. The van der Waals surface area contributed by atoms with Crippen molar-refractivity contribution in [3.05, 3.63) is 12.2 Å². The molecule has 0 aromatic rings. The van der Waals surface area contributed by atoms with Gasteiger partial charge < -0.3 is 19.7 Å². The van der Waals surface area contributed by atoms with E-state index >= 15 is 0 Å². The van der Waals surface area contributed by atoms with Gasteiger partial charge in [-0.3, -0.25) is 0 Å². The molecule has 0 aliphatic heterocycles. The van der Waals surface area contributed by atoms with Gasteiger partial charge in [0.2, 0.25) is 0 Å². The molecule has 120 valence electrons. The molecule has 0 bridgehead atoms. The summed E-state index contributed by atoms with van der Waals surface area (Å²) in [6, 6.07) is -0.482. The average Bonchev–Trinajstić information content (AvgIpc) is 2.44. The van der Waals surface area contributed by atoms with Crippen molar-refractivity contribution >= 4 is 18.0 Å². The van der Waals surface area contributed by atoms with Crippen LogP contribution in [0.5, 0.6) is 0 Å². The summed E-state index contributed by atoms with van der Waals surface area (Å²) in [5.41, 5.74) is 0. The highest BCUT2D eigenvalue weighted by Gasteiger charge is 2.23. The van der Waals surface area contributed by atoms with Gasteiger partial charge in [0.1, 0.15) is 6.61 Å². The van der Waals surface area contributed by atoms with Gasteiger partial charge in [-0.25, -0.2) is 14.4 Å². The molecule has 7 heteroatoms. The summed E-state index contributed by atoms with van der Waals surface area (Å²) in [6.45, 7) is 6.26. The van der Waals surface area contributed by atoms with Crippen LogP contribution in [-0.2, 0) is 19.1 Å². The van der Waals surface area contributed by atoms with E-state index in [1.165, 1.54) is 12.0 Å². The quantitative estimate of drug-likeness (QED) is 0.559. The molecule has 0 radical (unpaired) electrons. The molecule has 0 aromatic heterocycles. The van der Waals surface area contributed by atoms with Crippen LogP contribution in [0.15, 0.2) is 12.2 Å². The molecule has 7 nitrogen and oxygen atoms in total. The summed E-state index contributed by atoms with van der Waals surface area (Å²) in [7, 11) is 2.86. The SMILES string of the molecule is CCNC(=O)N(C)[C@@H](COC(=O)/C=C/C(=O)OC)C(C)C. The minimum absolute atomic E-state index is 0.0512.